The second-order valence-electron chi connectivity index (χ2n) is 6.19. The van der Waals surface area contributed by atoms with E-state index >= 15 is 0 Å². The van der Waals surface area contributed by atoms with Crippen LogP contribution in [0.15, 0.2) is 57.9 Å². The first-order chi connectivity index (χ1) is 14.2. The van der Waals surface area contributed by atoms with Crippen LogP contribution in [0.3, 0.4) is 0 Å². The first-order valence-corrected chi connectivity index (χ1v) is 10.3. The quantitative estimate of drug-likeness (QED) is 0.313. The second kappa shape index (κ2) is 8.33. The van der Waals surface area contributed by atoms with E-state index < -0.39 is 31.3 Å². The molecule has 0 amide bonds. The molecule has 0 aliphatic heterocycles. The molecule has 3 aromatic rings. The van der Waals surface area contributed by atoms with Crippen molar-refractivity contribution in [2.24, 2.45) is 0 Å². The standard InChI is InChI=1S/C19H16N2O8S/c1-27-14-6-3-12(4-7-14)16-10-15(29-20-16)11-28-19(22)13-5-8-18(30(2,25)26)17(9-13)21(23)24/h3-10H,11H2,1-2H3. The van der Waals surface area contributed by atoms with Gasteiger partial charge in [0, 0.05) is 24.0 Å². The van der Waals surface area contributed by atoms with Crippen LogP contribution in [0.1, 0.15) is 16.1 Å². The molecule has 1 aromatic heterocycles. The van der Waals surface area contributed by atoms with Gasteiger partial charge in [-0.2, -0.15) is 0 Å². The van der Waals surface area contributed by atoms with Crippen molar-refractivity contribution in [1.82, 2.24) is 5.16 Å². The van der Waals surface area contributed by atoms with Crippen molar-refractivity contribution in [3.63, 3.8) is 0 Å². The lowest BCUT2D eigenvalue weighted by Gasteiger charge is -2.05. The van der Waals surface area contributed by atoms with Gasteiger partial charge in [-0.15, -0.1) is 0 Å². The highest BCUT2D eigenvalue weighted by Crippen LogP contribution is 2.26. The monoisotopic (exact) mass is 432 g/mol. The van der Waals surface area contributed by atoms with Gasteiger partial charge >= 0.3 is 5.97 Å². The molecule has 0 saturated carbocycles. The topological polar surface area (TPSA) is 139 Å². The minimum Gasteiger partial charge on any atom is -0.497 e. The van der Waals surface area contributed by atoms with E-state index in [1.54, 1.807) is 37.4 Å². The van der Waals surface area contributed by atoms with E-state index in [-0.39, 0.29) is 17.9 Å². The highest BCUT2D eigenvalue weighted by molar-refractivity contribution is 7.90. The molecule has 30 heavy (non-hydrogen) atoms. The van der Waals surface area contributed by atoms with Crippen LogP contribution in [0.25, 0.3) is 11.3 Å². The molecule has 0 saturated heterocycles. The van der Waals surface area contributed by atoms with Crippen molar-refractivity contribution in [2.45, 2.75) is 11.5 Å². The Hall–Kier alpha value is -3.73. The minimum absolute atomic E-state index is 0.163. The molecule has 0 aliphatic rings. The molecule has 0 aliphatic carbocycles. The fourth-order valence-corrected chi connectivity index (χ4v) is 3.43. The third-order valence-corrected chi connectivity index (χ3v) is 5.23. The molecular weight excluding hydrogens is 416 g/mol. The third kappa shape index (κ3) is 4.63. The molecule has 0 unspecified atom stereocenters. The Bertz CT molecular complexity index is 1200. The Labute approximate surface area is 171 Å². The number of carbonyl (C=O) groups is 1. The predicted molar refractivity (Wildman–Crippen MR) is 104 cm³/mol. The number of hydrogen-bond acceptors (Lipinski definition) is 9. The molecule has 1 heterocycles. The smallest absolute Gasteiger partial charge is 0.338 e. The molecular formula is C19H16N2O8S. The van der Waals surface area contributed by atoms with Crippen molar-refractivity contribution in [2.75, 3.05) is 13.4 Å². The number of esters is 1. The van der Waals surface area contributed by atoms with Gasteiger partial charge in [-0.05, 0) is 36.4 Å². The Morgan fingerprint density at radius 2 is 1.87 bits per heavy atom. The molecule has 10 nitrogen and oxygen atoms in total. The molecule has 3 rings (SSSR count). The van der Waals surface area contributed by atoms with Crippen molar-refractivity contribution in [3.8, 4) is 17.0 Å². The van der Waals surface area contributed by atoms with Crippen molar-refractivity contribution in [3.05, 3.63) is 70.0 Å². The number of nitro groups is 1. The molecule has 0 bridgehead atoms. The highest BCUT2D eigenvalue weighted by atomic mass is 32.2. The van der Waals surface area contributed by atoms with Gasteiger partial charge in [0.05, 0.1) is 17.6 Å². The van der Waals surface area contributed by atoms with E-state index in [0.29, 0.717) is 11.4 Å². The number of benzene rings is 2. The van der Waals surface area contributed by atoms with E-state index in [4.69, 9.17) is 14.0 Å². The SMILES string of the molecule is COc1ccc(-c2cc(COC(=O)c3ccc(S(C)(=O)=O)c([N+](=O)[O-])c3)on2)cc1. The van der Waals surface area contributed by atoms with Crippen LogP contribution in [-0.2, 0) is 21.2 Å². The Morgan fingerprint density at radius 3 is 2.47 bits per heavy atom. The average molecular weight is 432 g/mol. The third-order valence-electron chi connectivity index (χ3n) is 4.08. The second-order valence-corrected chi connectivity index (χ2v) is 8.18. The number of nitro benzene ring substituents is 1. The predicted octanol–water partition coefficient (Wildman–Crippen LogP) is 3.02. The van der Waals surface area contributed by atoms with E-state index in [1.165, 1.54) is 0 Å². The molecule has 156 valence electrons. The first-order valence-electron chi connectivity index (χ1n) is 8.44. The van der Waals surface area contributed by atoms with Gasteiger partial charge in [0.2, 0.25) is 0 Å². The summed E-state index contributed by atoms with van der Waals surface area (Å²) >= 11 is 0. The van der Waals surface area contributed by atoms with Crippen molar-refractivity contribution >= 4 is 21.5 Å². The summed E-state index contributed by atoms with van der Waals surface area (Å²) in [5, 5.41) is 15.1. The maximum atomic E-state index is 12.2. The van der Waals surface area contributed by atoms with Crippen molar-refractivity contribution < 1.29 is 32.1 Å². The maximum absolute atomic E-state index is 12.2. The number of nitrogens with zero attached hydrogens (tertiary/aromatic N) is 2. The molecule has 0 N–H and O–H groups in total. The van der Waals surface area contributed by atoms with Gasteiger partial charge in [-0.1, -0.05) is 5.16 Å². The summed E-state index contributed by atoms with van der Waals surface area (Å²) in [4.78, 5) is 22.0. The fourth-order valence-electron chi connectivity index (χ4n) is 2.60. The lowest BCUT2D eigenvalue weighted by atomic mass is 10.1. The number of rotatable bonds is 7. The number of methoxy groups -OCH3 is 1. The van der Waals surface area contributed by atoms with Crippen LogP contribution in [0.5, 0.6) is 5.75 Å². The van der Waals surface area contributed by atoms with Crippen LogP contribution >= 0.6 is 0 Å². The molecule has 11 heteroatoms. The zero-order chi connectivity index (χ0) is 21.9. The number of ether oxygens (including phenoxy) is 2. The molecule has 0 radical (unpaired) electrons. The number of hydrogen-bond donors (Lipinski definition) is 0. The number of carbonyl (C=O) groups excluding carboxylic acids is 1. The van der Waals surface area contributed by atoms with Gasteiger partial charge in [0.25, 0.3) is 5.69 Å². The molecule has 0 spiro atoms. The van der Waals surface area contributed by atoms with Gasteiger partial charge in [0.1, 0.15) is 16.3 Å². The van der Waals surface area contributed by atoms with E-state index in [0.717, 1.165) is 30.0 Å². The normalized spacial score (nSPS) is 11.1. The maximum Gasteiger partial charge on any atom is 0.338 e. The average Bonchev–Trinajstić information content (AvgIpc) is 3.20. The molecule has 2 aromatic carbocycles. The summed E-state index contributed by atoms with van der Waals surface area (Å²) in [5.41, 5.74) is 0.429. The molecule has 0 fully saturated rings. The Morgan fingerprint density at radius 1 is 1.17 bits per heavy atom. The fraction of sp³-hybridized carbons (Fsp3) is 0.158. The summed E-state index contributed by atoms with van der Waals surface area (Å²) in [6.45, 7) is -0.260. The molecule has 0 atom stereocenters. The van der Waals surface area contributed by atoms with Crippen LogP contribution in [0.4, 0.5) is 5.69 Å². The van der Waals surface area contributed by atoms with E-state index in [1.807, 2.05) is 0 Å². The van der Waals surface area contributed by atoms with Gasteiger partial charge < -0.3 is 14.0 Å². The van der Waals surface area contributed by atoms with Gasteiger partial charge in [-0.3, -0.25) is 10.1 Å². The highest BCUT2D eigenvalue weighted by Gasteiger charge is 2.24. The zero-order valence-electron chi connectivity index (χ0n) is 15.9. The van der Waals surface area contributed by atoms with Crippen LogP contribution in [-0.4, -0.2) is 37.8 Å². The van der Waals surface area contributed by atoms with Crippen LogP contribution in [0, 0.1) is 10.1 Å². The van der Waals surface area contributed by atoms with Crippen LogP contribution in [0.2, 0.25) is 0 Å². The summed E-state index contributed by atoms with van der Waals surface area (Å²) in [5.74, 6) is 0.0735. The van der Waals surface area contributed by atoms with E-state index in [9.17, 15) is 23.3 Å². The first kappa shape index (κ1) is 21.0. The van der Waals surface area contributed by atoms with Gasteiger partial charge in [0.15, 0.2) is 22.2 Å². The minimum atomic E-state index is -3.83. The lowest BCUT2D eigenvalue weighted by Crippen LogP contribution is -2.08. The summed E-state index contributed by atoms with van der Waals surface area (Å²) in [6, 6.07) is 11.7. The zero-order valence-corrected chi connectivity index (χ0v) is 16.7. The largest absolute Gasteiger partial charge is 0.497 e. The summed E-state index contributed by atoms with van der Waals surface area (Å²) in [7, 11) is -2.27. The summed E-state index contributed by atoms with van der Waals surface area (Å²) in [6.07, 6.45) is 0.845. The number of aromatic nitrogens is 1. The summed E-state index contributed by atoms with van der Waals surface area (Å²) < 4.78 is 38.6. The lowest BCUT2D eigenvalue weighted by molar-refractivity contribution is -0.387. The van der Waals surface area contributed by atoms with Gasteiger partial charge in [-0.25, -0.2) is 13.2 Å². The van der Waals surface area contributed by atoms with E-state index in [2.05, 4.69) is 5.16 Å². The number of sulfone groups is 1. The van der Waals surface area contributed by atoms with Crippen LogP contribution < -0.4 is 4.74 Å². The Balaban J connectivity index is 1.72. The Kier molecular flexibility index (Phi) is 5.83. The van der Waals surface area contributed by atoms with Crippen molar-refractivity contribution in [1.29, 1.82) is 0 Å².